The zero-order chi connectivity index (χ0) is 14.4. The average molecular weight is 273 g/mol. The van der Waals surface area contributed by atoms with Gasteiger partial charge in [0.05, 0.1) is 5.52 Å². The lowest BCUT2D eigenvalue weighted by molar-refractivity contribution is -0.121. The maximum absolute atomic E-state index is 11.6. The molecule has 108 valence electrons. The fourth-order valence-electron chi connectivity index (χ4n) is 2.44. The minimum Gasteiger partial charge on any atom is -0.356 e. The minimum absolute atomic E-state index is 0.110. The fourth-order valence-corrected chi connectivity index (χ4v) is 2.44. The highest BCUT2D eigenvalue weighted by atomic mass is 16.1. The van der Waals surface area contributed by atoms with Crippen LogP contribution in [0.5, 0.6) is 0 Å². The Balaban J connectivity index is 2.18. The van der Waals surface area contributed by atoms with E-state index in [1.165, 1.54) is 16.5 Å². The number of benzene rings is 1. The first kappa shape index (κ1) is 14.6. The van der Waals surface area contributed by atoms with Gasteiger partial charge in [0.25, 0.3) is 0 Å². The van der Waals surface area contributed by atoms with Crippen LogP contribution in [-0.4, -0.2) is 23.6 Å². The molecule has 0 aliphatic rings. The summed E-state index contributed by atoms with van der Waals surface area (Å²) in [6, 6.07) is 8.46. The van der Waals surface area contributed by atoms with E-state index in [1.54, 1.807) is 0 Å². The fraction of sp³-hybridized carbons (Fsp3) is 0.438. The topological polar surface area (TPSA) is 46.1 Å². The van der Waals surface area contributed by atoms with Gasteiger partial charge in [-0.05, 0) is 30.5 Å². The average Bonchev–Trinajstić information content (AvgIpc) is 2.87. The molecule has 1 amide bonds. The Bertz CT molecular complexity index is 574. The van der Waals surface area contributed by atoms with E-state index >= 15 is 0 Å². The van der Waals surface area contributed by atoms with E-state index in [0.717, 1.165) is 19.6 Å². The van der Waals surface area contributed by atoms with Crippen LogP contribution in [0.25, 0.3) is 10.9 Å². The van der Waals surface area contributed by atoms with Crippen LogP contribution in [0.3, 0.4) is 0 Å². The van der Waals surface area contributed by atoms with Gasteiger partial charge >= 0.3 is 0 Å². The normalized spacial score (nSPS) is 10.9. The van der Waals surface area contributed by atoms with Crippen LogP contribution in [0.4, 0.5) is 0 Å². The van der Waals surface area contributed by atoms with Crippen LogP contribution in [0, 0.1) is 0 Å². The van der Waals surface area contributed by atoms with Crippen molar-refractivity contribution in [3.8, 4) is 0 Å². The second-order valence-corrected chi connectivity index (χ2v) is 4.85. The van der Waals surface area contributed by atoms with Crippen LogP contribution < -0.4 is 10.6 Å². The van der Waals surface area contributed by atoms with Crippen LogP contribution in [0.2, 0.25) is 0 Å². The number of aromatic nitrogens is 1. The zero-order valence-corrected chi connectivity index (χ0v) is 12.3. The van der Waals surface area contributed by atoms with Crippen LogP contribution in [-0.2, 0) is 17.9 Å². The molecule has 0 unspecified atom stereocenters. The van der Waals surface area contributed by atoms with Crippen LogP contribution in [0.15, 0.2) is 30.5 Å². The van der Waals surface area contributed by atoms with E-state index in [2.05, 4.69) is 52.6 Å². The van der Waals surface area contributed by atoms with Crippen LogP contribution >= 0.6 is 0 Å². The van der Waals surface area contributed by atoms with Crippen molar-refractivity contribution in [1.82, 2.24) is 15.2 Å². The number of carbonyl (C=O) groups excluding carboxylic acids is 1. The quantitative estimate of drug-likeness (QED) is 0.813. The molecule has 1 aromatic heterocycles. The third-order valence-corrected chi connectivity index (χ3v) is 3.39. The Morgan fingerprint density at radius 1 is 1.20 bits per heavy atom. The molecule has 0 aliphatic carbocycles. The van der Waals surface area contributed by atoms with Gasteiger partial charge in [-0.25, -0.2) is 0 Å². The molecule has 0 spiro atoms. The second-order valence-electron chi connectivity index (χ2n) is 4.85. The van der Waals surface area contributed by atoms with E-state index in [4.69, 9.17) is 0 Å². The number of nitrogens with one attached hydrogen (secondary N) is 2. The summed E-state index contributed by atoms with van der Waals surface area (Å²) in [5.41, 5.74) is 2.52. The maximum atomic E-state index is 11.6. The summed E-state index contributed by atoms with van der Waals surface area (Å²) in [5, 5.41) is 7.44. The second kappa shape index (κ2) is 7.10. The highest BCUT2D eigenvalue weighted by Gasteiger charge is 2.07. The molecular formula is C16H23N3O. The van der Waals surface area contributed by atoms with Gasteiger partial charge in [-0.1, -0.05) is 25.1 Å². The number of para-hydroxylation sites is 1. The molecular weight excluding hydrogens is 250 g/mol. The van der Waals surface area contributed by atoms with Crippen molar-refractivity contribution < 1.29 is 4.79 Å². The van der Waals surface area contributed by atoms with Crippen molar-refractivity contribution in [2.45, 2.75) is 33.4 Å². The standard InChI is InChI=1S/C16H23N3O/c1-3-17-12-14-7-5-6-13-8-10-19(16(13)14)11-9-15(20)18-4-2/h5-8,10,17H,3-4,9,11-12H2,1-2H3,(H,18,20). The van der Waals surface area contributed by atoms with Gasteiger partial charge in [-0.15, -0.1) is 0 Å². The lowest BCUT2D eigenvalue weighted by atomic mass is 10.1. The van der Waals surface area contributed by atoms with Crippen molar-refractivity contribution in [2.75, 3.05) is 13.1 Å². The molecule has 0 radical (unpaired) electrons. The molecule has 1 aromatic carbocycles. The number of hydrogen-bond donors (Lipinski definition) is 2. The Hall–Kier alpha value is -1.81. The number of hydrogen-bond acceptors (Lipinski definition) is 2. The summed E-state index contributed by atoms with van der Waals surface area (Å²) in [7, 11) is 0. The molecule has 0 bridgehead atoms. The van der Waals surface area contributed by atoms with E-state index in [0.29, 0.717) is 13.0 Å². The lowest BCUT2D eigenvalue weighted by Gasteiger charge is -2.10. The molecule has 0 aliphatic heterocycles. The summed E-state index contributed by atoms with van der Waals surface area (Å²) >= 11 is 0. The van der Waals surface area contributed by atoms with Gasteiger partial charge in [0.1, 0.15) is 0 Å². The Morgan fingerprint density at radius 2 is 2.05 bits per heavy atom. The minimum atomic E-state index is 0.110. The van der Waals surface area contributed by atoms with Gasteiger partial charge in [0, 0.05) is 32.3 Å². The molecule has 2 N–H and O–H groups in total. The highest BCUT2D eigenvalue weighted by Crippen LogP contribution is 2.20. The number of carbonyl (C=O) groups is 1. The number of nitrogens with zero attached hydrogens (tertiary/aromatic N) is 1. The first-order chi connectivity index (χ1) is 9.76. The maximum Gasteiger partial charge on any atom is 0.221 e. The summed E-state index contributed by atoms with van der Waals surface area (Å²) < 4.78 is 2.18. The predicted octanol–water partition coefficient (Wildman–Crippen LogP) is 2.28. The first-order valence-corrected chi connectivity index (χ1v) is 7.30. The van der Waals surface area contributed by atoms with Gasteiger partial charge in [0.15, 0.2) is 0 Å². The predicted molar refractivity (Wildman–Crippen MR) is 82.6 cm³/mol. The summed E-state index contributed by atoms with van der Waals surface area (Å²) in [4.78, 5) is 11.6. The molecule has 0 atom stereocenters. The van der Waals surface area contributed by atoms with Crippen molar-refractivity contribution in [1.29, 1.82) is 0 Å². The zero-order valence-electron chi connectivity index (χ0n) is 12.3. The Morgan fingerprint density at radius 3 is 2.80 bits per heavy atom. The van der Waals surface area contributed by atoms with Gasteiger partial charge in [-0.2, -0.15) is 0 Å². The third kappa shape index (κ3) is 3.39. The molecule has 1 heterocycles. The Kier molecular flexibility index (Phi) is 5.18. The van der Waals surface area contributed by atoms with Crippen molar-refractivity contribution >= 4 is 16.8 Å². The lowest BCUT2D eigenvalue weighted by Crippen LogP contribution is -2.23. The first-order valence-electron chi connectivity index (χ1n) is 7.30. The van der Waals surface area contributed by atoms with E-state index in [1.807, 2.05) is 6.92 Å². The largest absolute Gasteiger partial charge is 0.356 e. The molecule has 0 saturated carbocycles. The van der Waals surface area contributed by atoms with Crippen LogP contribution in [0.1, 0.15) is 25.8 Å². The third-order valence-electron chi connectivity index (χ3n) is 3.39. The molecule has 2 rings (SSSR count). The van der Waals surface area contributed by atoms with E-state index < -0.39 is 0 Å². The summed E-state index contributed by atoms with van der Waals surface area (Å²) in [5.74, 6) is 0.110. The highest BCUT2D eigenvalue weighted by molar-refractivity contribution is 5.83. The van der Waals surface area contributed by atoms with Gasteiger partial charge in [-0.3, -0.25) is 4.79 Å². The number of fused-ring (bicyclic) bond motifs is 1. The number of amides is 1. The molecule has 0 saturated heterocycles. The SMILES string of the molecule is CCNCc1cccc2ccn(CCC(=O)NCC)c12. The van der Waals surface area contributed by atoms with Crippen molar-refractivity contribution in [3.63, 3.8) is 0 Å². The Labute approximate surface area is 120 Å². The number of rotatable bonds is 7. The molecule has 0 fully saturated rings. The number of aryl methyl sites for hydroxylation is 1. The van der Waals surface area contributed by atoms with Gasteiger partial charge in [0.2, 0.25) is 5.91 Å². The molecule has 20 heavy (non-hydrogen) atoms. The van der Waals surface area contributed by atoms with E-state index in [-0.39, 0.29) is 5.91 Å². The summed E-state index contributed by atoms with van der Waals surface area (Å²) in [6.45, 7) is 7.27. The molecule has 2 aromatic rings. The molecule has 4 nitrogen and oxygen atoms in total. The monoisotopic (exact) mass is 273 g/mol. The van der Waals surface area contributed by atoms with Gasteiger partial charge < -0.3 is 15.2 Å². The summed E-state index contributed by atoms with van der Waals surface area (Å²) in [6.07, 6.45) is 2.59. The smallest absolute Gasteiger partial charge is 0.221 e. The van der Waals surface area contributed by atoms with Crippen molar-refractivity contribution in [2.24, 2.45) is 0 Å². The van der Waals surface area contributed by atoms with E-state index in [9.17, 15) is 4.79 Å². The van der Waals surface area contributed by atoms with Crippen molar-refractivity contribution in [3.05, 3.63) is 36.0 Å². The molecule has 4 heteroatoms.